The number of rotatable bonds is 2. The summed E-state index contributed by atoms with van der Waals surface area (Å²) in [5, 5.41) is 21.1. The van der Waals surface area contributed by atoms with Gasteiger partial charge in [0.15, 0.2) is 0 Å². The second-order valence-corrected chi connectivity index (χ2v) is 6.90. The molecule has 0 heterocycles. The van der Waals surface area contributed by atoms with E-state index < -0.39 is 11.2 Å². The quantitative estimate of drug-likeness (QED) is 0.760. The van der Waals surface area contributed by atoms with E-state index >= 15 is 0 Å². The van der Waals surface area contributed by atoms with E-state index in [1.54, 1.807) is 0 Å². The van der Waals surface area contributed by atoms with Crippen LogP contribution >= 0.6 is 0 Å². The fraction of sp³-hybridized carbons (Fsp3) is 1.00. The molecule has 0 aromatic heterocycles. The van der Waals surface area contributed by atoms with Gasteiger partial charge in [-0.05, 0) is 50.4 Å². The molecule has 94 valence electrons. The van der Waals surface area contributed by atoms with Gasteiger partial charge in [0.25, 0.3) is 0 Å². The first kappa shape index (κ1) is 12.4. The smallest absolute Gasteiger partial charge is 0.0699 e. The van der Waals surface area contributed by atoms with Crippen molar-refractivity contribution in [1.82, 2.24) is 0 Å². The fourth-order valence-electron chi connectivity index (χ4n) is 3.62. The standard InChI is InChI=1S/C14H26O2/c1-12(2)9-6-11(13(12,3)15)10-14(16)7-4-5-8-14/h11,15-16H,4-10H2,1-3H3. The van der Waals surface area contributed by atoms with E-state index in [2.05, 4.69) is 13.8 Å². The van der Waals surface area contributed by atoms with Crippen LogP contribution in [0, 0.1) is 11.3 Å². The van der Waals surface area contributed by atoms with Crippen molar-refractivity contribution in [2.45, 2.75) is 76.9 Å². The lowest BCUT2D eigenvalue weighted by atomic mass is 9.72. The first-order valence-corrected chi connectivity index (χ1v) is 6.72. The highest BCUT2D eigenvalue weighted by atomic mass is 16.3. The minimum Gasteiger partial charge on any atom is -0.390 e. The summed E-state index contributed by atoms with van der Waals surface area (Å²) in [6.07, 6.45) is 7.08. The Hall–Kier alpha value is -0.0800. The summed E-state index contributed by atoms with van der Waals surface area (Å²) in [5.41, 5.74) is -1.10. The monoisotopic (exact) mass is 226 g/mol. The molecule has 0 amide bonds. The Labute approximate surface area is 99.1 Å². The summed E-state index contributed by atoms with van der Waals surface area (Å²) >= 11 is 0. The molecule has 2 atom stereocenters. The number of hydrogen-bond donors (Lipinski definition) is 2. The molecule has 2 unspecified atom stereocenters. The van der Waals surface area contributed by atoms with E-state index in [1.807, 2.05) is 6.92 Å². The van der Waals surface area contributed by atoms with Gasteiger partial charge in [-0.25, -0.2) is 0 Å². The predicted molar refractivity (Wildman–Crippen MR) is 65.2 cm³/mol. The third kappa shape index (κ3) is 1.91. The Balaban J connectivity index is 2.06. The summed E-state index contributed by atoms with van der Waals surface area (Å²) in [4.78, 5) is 0. The molecule has 0 aromatic carbocycles. The van der Waals surface area contributed by atoms with Gasteiger partial charge in [-0.2, -0.15) is 0 Å². The lowest BCUT2D eigenvalue weighted by Crippen LogP contribution is -2.44. The Morgan fingerprint density at radius 3 is 2.00 bits per heavy atom. The van der Waals surface area contributed by atoms with Gasteiger partial charge >= 0.3 is 0 Å². The van der Waals surface area contributed by atoms with Crippen molar-refractivity contribution in [1.29, 1.82) is 0 Å². The topological polar surface area (TPSA) is 40.5 Å². The molecule has 0 spiro atoms. The third-order valence-electron chi connectivity index (χ3n) is 5.44. The molecule has 2 N–H and O–H groups in total. The molecule has 0 saturated heterocycles. The maximum absolute atomic E-state index is 10.6. The molecule has 2 rings (SSSR count). The van der Waals surface area contributed by atoms with Crippen molar-refractivity contribution >= 4 is 0 Å². The Morgan fingerprint density at radius 2 is 1.56 bits per heavy atom. The minimum absolute atomic E-state index is 0.00731. The van der Waals surface area contributed by atoms with Gasteiger partial charge in [-0.1, -0.05) is 26.7 Å². The average molecular weight is 226 g/mol. The van der Waals surface area contributed by atoms with Crippen molar-refractivity contribution < 1.29 is 10.2 Å². The lowest BCUT2D eigenvalue weighted by molar-refractivity contribution is -0.0853. The zero-order chi connectivity index (χ0) is 12.0. The maximum atomic E-state index is 10.6. The zero-order valence-corrected chi connectivity index (χ0v) is 10.9. The lowest BCUT2D eigenvalue weighted by Gasteiger charge is -2.40. The highest BCUT2D eigenvalue weighted by molar-refractivity contribution is 5.03. The molecule has 2 aliphatic rings. The van der Waals surface area contributed by atoms with E-state index in [-0.39, 0.29) is 11.3 Å². The summed E-state index contributed by atoms with van der Waals surface area (Å²) < 4.78 is 0. The molecule has 2 fully saturated rings. The Kier molecular flexibility index (Phi) is 2.87. The minimum atomic E-state index is -0.620. The predicted octanol–water partition coefficient (Wildman–Crippen LogP) is 2.87. The maximum Gasteiger partial charge on any atom is 0.0699 e. The van der Waals surface area contributed by atoms with Crippen LogP contribution in [0.2, 0.25) is 0 Å². The van der Waals surface area contributed by atoms with Crippen LogP contribution in [0.4, 0.5) is 0 Å². The van der Waals surface area contributed by atoms with E-state index in [0.717, 1.165) is 44.9 Å². The first-order valence-electron chi connectivity index (χ1n) is 6.72. The molecule has 2 saturated carbocycles. The normalized spacial score (nSPS) is 41.4. The van der Waals surface area contributed by atoms with Crippen LogP contribution in [0.15, 0.2) is 0 Å². The highest BCUT2D eigenvalue weighted by Gasteiger charge is 2.52. The molecule has 16 heavy (non-hydrogen) atoms. The van der Waals surface area contributed by atoms with Crippen LogP contribution in [-0.4, -0.2) is 21.4 Å². The van der Waals surface area contributed by atoms with Gasteiger partial charge in [-0.3, -0.25) is 0 Å². The number of hydrogen-bond acceptors (Lipinski definition) is 2. The van der Waals surface area contributed by atoms with Gasteiger partial charge < -0.3 is 10.2 Å². The average Bonchev–Trinajstić information content (AvgIpc) is 2.65. The van der Waals surface area contributed by atoms with Crippen LogP contribution in [0.1, 0.15) is 65.7 Å². The van der Waals surface area contributed by atoms with Crippen LogP contribution in [0.3, 0.4) is 0 Å². The fourth-order valence-corrected chi connectivity index (χ4v) is 3.62. The molecule has 0 aliphatic heterocycles. The van der Waals surface area contributed by atoms with Crippen molar-refractivity contribution in [3.63, 3.8) is 0 Å². The molecule has 0 bridgehead atoms. The van der Waals surface area contributed by atoms with Crippen molar-refractivity contribution in [3.05, 3.63) is 0 Å². The molecule has 2 aliphatic carbocycles. The van der Waals surface area contributed by atoms with Crippen molar-refractivity contribution in [2.24, 2.45) is 11.3 Å². The van der Waals surface area contributed by atoms with Crippen LogP contribution in [0.5, 0.6) is 0 Å². The SMILES string of the molecule is CC1(C)CCC(CC2(O)CCCC2)C1(C)O. The molecule has 2 nitrogen and oxygen atoms in total. The van der Waals surface area contributed by atoms with Gasteiger partial charge in [0.1, 0.15) is 0 Å². The van der Waals surface area contributed by atoms with Crippen molar-refractivity contribution in [2.75, 3.05) is 0 Å². The highest BCUT2D eigenvalue weighted by Crippen LogP contribution is 2.53. The summed E-state index contributed by atoms with van der Waals surface area (Å²) in [6.45, 7) is 6.25. The molecular weight excluding hydrogens is 200 g/mol. The second kappa shape index (κ2) is 3.71. The molecule has 0 radical (unpaired) electrons. The Bertz CT molecular complexity index is 262. The Morgan fingerprint density at radius 1 is 1.00 bits per heavy atom. The van der Waals surface area contributed by atoms with E-state index in [4.69, 9.17) is 0 Å². The van der Waals surface area contributed by atoms with E-state index in [1.165, 1.54) is 0 Å². The van der Waals surface area contributed by atoms with Gasteiger partial charge in [-0.15, -0.1) is 0 Å². The van der Waals surface area contributed by atoms with Gasteiger partial charge in [0.2, 0.25) is 0 Å². The van der Waals surface area contributed by atoms with E-state index in [0.29, 0.717) is 0 Å². The summed E-state index contributed by atoms with van der Waals surface area (Å²) in [7, 11) is 0. The largest absolute Gasteiger partial charge is 0.390 e. The van der Waals surface area contributed by atoms with Crippen LogP contribution in [-0.2, 0) is 0 Å². The van der Waals surface area contributed by atoms with Crippen LogP contribution in [0.25, 0.3) is 0 Å². The third-order valence-corrected chi connectivity index (χ3v) is 5.44. The van der Waals surface area contributed by atoms with Gasteiger partial charge in [0.05, 0.1) is 11.2 Å². The summed E-state index contributed by atoms with van der Waals surface area (Å²) in [5.74, 6) is 0.269. The molecule has 2 heteroatoms. The second-order valence-electron chi connectivity index (χ2n) is 6.90. The first-order chi connectivity index (χ1) is 7.27. The van der Waals surface area contributed by atoms with Crippen molar-refractivity contribution in [3.8, 4) is 0 Å². The summed E-state index contributed by atoms with van der Waals surface area (Å²) in [6, 6.07) is 0. The zero-order valence-electron chi connectivity index (χ0n) is 10.9. The molecular formula is C14H26O2. The van der Waals surface area contributed by atoms with Crippen LogP contribution < -0.4 is 0 Å². The van der Waals surface area contributed by atoms with E-state index in [9.17, 15) is 10.2 Å². The number of aliphatic hydroxyl groups is 2. The van der Waals surface area contributed by atoms with Gasteiger partial charge in [0, 0.05) is 0 Å². The molecule has 0 aromatic rings.